The molecule has 1 aliphatic heterocycles. The standard InChI is InChI=1S/C20H38N8O5S/c21-8-2-1-5-12(22)16(29)26-13(6-3-9-25-20(23)24)17(30)27-14(11-34)18(31)28-10-4-7-15(28)19(32)33/h12-15,34H,1-11,21-22H2,(H,26,29)(H,27,30)(H,32,33)(H4,23,24,25). The number of carboxylic acids is 1. The smallest absolute Gasteiger partial charge is 0.326 e. The number of aliphatic carboxylic acids is 1. The first-order chi connectivity index (χ1) is 16.1. The molecular formula is C20H38N8O5S. The van der Waals surface area contributed by atoms with Crippen LogP contribution in [0, 0.1) is 0 Å². The zero-order valence-corrected chi connectivity index (χ0v) is 20.2. The molecule has 4 unspecified atom stereocenters. The van der Waals surface area contributed by atoms with E-state index in [1.54, 1.807) is 0 Å². The van der Waals surface area contributed by atoms with Gasteiger partial charge in [-0.1, -0.05) is 6.42 Å². The molecule has 1 rings (SSSR count). The summed E-state index contributed by atoms with van der Waals surface area (Å²) >= 11 is 4.16. The van der Waals surface area contributed by atoms with Crippen molar-refractivity contribution in [3.63, 3.8) is 0 Å². The minimum absolute atomic E-state index is 0.0410. The average Bonchev–Trinajstić information content (AvgIpc) is 3.29. The zero-order valence-electron chi connectivity index (χ0n) is 19.3. The highest BCUT2D eigenvalue weighted by atomic mass is 32.1. The van der Waals surface area contributed by atoms with Crippen molar-refractivity contribution in [2.75, 3.05) is 25.4 Å². The fraction of sp³-hybridized carbons (Fsp3) is 0.750. The third-order valence-electron chi connectivity index (χ3n) is 5.50. The number of rotatable bonds is 15. The molecule has 11 N–H and O–H groups in total. The molecule has 0 aromatic carbocycles. The molecule has 34 heavy (non-hydrogen) atoms. The summed E-state index contributed by atoms with van der Waals surface area (Å²) < 4.78 is 0. The predicted octanol–water partition coefficient (Wildman–Crippen LogP) is -2.53. The molecule has 3 amide bonds. The molecule has 1 saturated heterocycles. The summed E-state index contributed by atoms with van der Waals surface area (Å²) in [6, 6.07) is -3.80. The number of carboxylic acid groups (broad SMARTS) is 1. The van der Waals surface area contributed by atoms with E-state index >= 15 is 0 Å². The highest BCUT2D eigenvalue weighted by Crippen LogP contribution is 2.19. The molecule has 0 aromatic rings. The van der Waals surface area contributed by atoms with Crippen LogP contribution < -0.4 is 33.6 Å². The minimum atomic E-state index is -1.09. The van der Waals surface area contributed by atoms with E-state index < -0.39 is 47.9 Å². The number of carbonyl (C=O) groups excluding carboxylic acids is 3. The number of thiol groups is 1. The van der Waals surface area contributed by atoms with Crippen molar-refractivity contribution >= 4 is 42.3 Å². The normalized spacial score (nSPS) is 18.0. The van der Waals surface area contributed by atoms with Crippen LogP contribution in [-0.4, -0.2) is 89.2 Å². The maximum Gasteiger partial charge on any atom is 0.326 e. The number of nitrogens with two attached hydrogens (primary N) is 4. The summed E-state index contributed by atoms with van der Waals surface area (Å²) in [7, 11) is 0. The van der Waals surface area contributed by atoms with Crippen molar-refractivity contribution < 1.29 is 24.3 Å². The van der Waals surface area contributed by atoms with Crippen molar-refractivity contribution in [3.05, 3.63) is 0 Å². The summed E-state index contributed by atoms with van der Waals surface area (Å²) in [5.74, 6) is -2.86. The van der Waals surface area contributed by atoms with Gasteiger partial charge in [0.1, 0.15) is 18.1 Å². The first-order valence-corrected chi connectivity index (χ1v) is 12.0. The Bertz CT molecular complexity index is 734. The molecule has 1 heterocycles. The second kappa shape index (κ2) is 15.3. The SMILES string of the molecule is NCCCCC(N)C(=O)NC(CCCN=C(N)N)C(=O)NC(CS)C(=O)N1CCCC1C(=O)O. The monoisotopic (exact) mass is 502 g/mol. The third-order valence-corrected chi connectivity index (χ3v) is 5.87. The molecular weight excluding hydrogens is 464 g/mol. The first kappa shape index (κ1) is 29.5. The van der Waals surface area contributed by atoms with Crippen LogP contribution in [0.1, 0.15) is 44.9 Å². The zero-order chi connectivity index (χ0) is 25.7. The lowest BCUT2D eigenvalue weighted by Gasteiger charge is -2.28. The Kier molecular flexibility index (Phi) is 13.3. The second-order valence-corrected chi connectivity index (χ2v) is 8.54. The Morgan fingerprint density at radius 3 is 2.32 bits per heavy atom. The summed E-state index contributed by atoms with van der Waals surface area (Å²) in [5.41, 5.74) is 22.0. The van der Waals surface area contributed by atoms with E-state index in [0.29, 0.717) is 38.6 Å². The number of guanidine groups is 1. The van der Waals surface area contributed by atoms with E-state index in [4.69, 9.17) is 22.9 Å². The van der Waals surface area contributed by atoms with Gasteiger partial charge in [-0.2, -0.15) is 12.6 Å². The van der Waals surface area contributed by atoms with Crippen LogP contribution in [0.4, 0.5) is 0 Å². The van der Waals surface area contributed by atoms with Crippen LogP contribution >= 0.6 is 12.6 Å². The first-order valence-electron chi connectivity index (χ1n) is 11.4. The van der Waals surface area contributed by atoms with Crippen molar-refractivity contribution in [1.29, 1.82) is 0 Å². The van der Waals surface area contributed by atoms with Crippen molar-refractivity contribution in [2.45, 2.75) is 69.1 Å². The van der Waals surface area contributed by atoms with Crippen LogP contribution in [0.3, 0.4) is 0 Å². The van der Waals surface area contributed by atoms with Gasteiger partial charge >= 0.3 is 5.97 Å². The maximum atomic E-state index is 13.0. The van der Waals surface area contributed by atoms with Crippen LogP contribution in [0.2, 0.25) is 0 Å². The molecule has 194 valence electrons. The molecule has 0 radical (unpaired) electrons. The van der Waals surface area contributed by atoms with E-state index in [-0.39, 0.29) is 31.2 Å². The van der Waals surface area contributed by atoms with Gasteiger partial charge in [-0.15, -0.1) is 0 Å². The van der Waals surface area contributed by atoms with E-state index in [9.17, 15) is 24.3 Å². The number of unbranched alkanes of at least 4 members (excludes halogenated alkanes) is 1. The number of amides is 3. The van der Waals surface area contributed by atoms with Crippen molar-refractivity contribution in [1.82, 2.24) is 15.5 Å². The number of hydrogen-bond acceptors (Lipinski definition) is 8. The summed E-state index contributed by atoms with van der Waals surface area (Å²) in [6.45, 7) is 1.02. The fourth-order valence-electron chi connectivity index (χ4n) is 3.64. The lowest BCUT2D eigenvalue weighted by molar-refractivity contribution is -0.149. The summed E-state index contributed by atoms with van der Waals surface area (Å²) in [4.78, 5) is 55.0. The van der Waals surface area contributed by atoms with E-state index in [1.807, 2.05) is 0 Å². The van der Waals surface area contributed by atoms with E-state index in [2.05, 4.69) is 28.3 Å². The van der Waals surface area contributed by atoms with Crippen LogP contribution in [0.25, 0.3) is 0 Å². The fourth-order valence-corrected chi connectivity index (χ4v) is 3.88. The van der Waals surface area contributed by atoms with Crippen LogP contribution in [-0.2, 0) is 19.2 Å². The second-order valence-electron chi connectivity index (χ2n) is 8.17. The topological polar surface area (TPSA) is 232 Å². The Labute approximate surface area is 204 Å². The molecule has 1 aliphatic rings. The lowest BCUT2D eigenvalue weighted by Crippen LogP contribution is -2.57. The number of likely N-dealkylation sites (tertiary alicyclic amines) is 1. The molecule has 0 bridgehead atoms. The Balaban J connectivity index is 2.86. The number of hydrogen-bond donors (Lipinski definition) is 8. The largest absolute Gasteiger partial charge is 0.480 e. The number of carbonyl (C=O) groups is 4. The molecule has 0 aliphatic carbocycles. The molecule has 1 fully saturated rings. The third kappa shape index (κ3) is 9.73. The number of aliphatic imine (C=N–C) groups is 1. The van der Waals surface area contributed by atoms with Gasteiger partial charge in [0.2, 0.25) is 17.7 Å². The van der Waals surface area contributed by atoms with E-state index in [1.165, 1.54) is 4.90 Å². The van der Waals surface area contributed by atoms with Gasteiger partial charge in [0.05, 0.1) is 6.04 Å². The van der Waals surface area contributed by atoms with Gasteiger partial charge in [-0.05, 0) is 45.1 Å². The number of nitrogens with zero attached hydrogens (tertiary/aromatic N) is 2. The predicted molar refractivity (Wildman–Crippen MR) is 131 cm³/mol. The van der Waals surface area contributed by atoms with E-state index in [0.717, 1.165) is 6.42 Å². The van der Waals surface area contributed by atoms with Crippen LogP contribution in [0.5, 0.6) is 0 Å². The van der Waals surface area contributed by atoms with Gasteiger partial charge in [0, 0.05) is 18.8 Å². The Hall–Kier alpha value is -2.58. The quantitative estimate of drug-likeness (QED) is 0.0509. The van der Waals surface area contributed by atoms with Gasteiger partial charge in [-0.25, -0.2) is 4.79 Å². The van der Waals surface area contributed by atoms with Crippen LogP contribution in [0.15, 0.2) is 4.99 Å². The molecule has 14 heteroatoms. The molecule has 0 saturated carbocycles. The molecule has 13 nitrogen and oxygen atoms in total. The molecule has 4 atom stereocenters. The molecule has 0 spiro atoms. The van der Waals surface area contributed by atoms with Gasteiger partial charge in [0.25, 0.3) is 0 Å². The van der Waals surface area contributed by atoms with Gasteiger partial charge in [-0.3, -0.25) is 19.4 Å². The highest BCUT2D eigenvalue weighted by molar-refractivity contribution is 7.80. The Morgan fingerprint density at radius 2 is 1.74 bits per heavy atom. The van der Waals surface area contributed by atoms with Gasteiger partial charge in [0.15, 0.2) is 5.96 Å². The average molecular weight is 503 g/mol. The summed E-state index contributed by atoms with van der Waals surface area (Å²) in [6.07, 6.45) is 3.28. The Morgan fingerprint density at radius 1 is 1.06 bits per heavy atom. The van der Waals surface area contributed by atoms with Crippen molar-refractivity contribution in [3.8, 4) is 0 Å². The highest BCUT2D eigenvalue weighted by Gasteiger charge is 2.38. The minimum Gasteiger partial charge on any atom is -0.480 e. The number of nitrogens with one attached hydrogen (secondary N) is 2. The maximum absolute atomic E-state index is 13.0. The van der Waals surface area contributed by atoms with Gasteiger partial charge < -0.3 is 43.6 Å². The summed E-state index contributed by atoms with van der Waals surface area (Å²) in [5, 5.41) is 14.6. The van der Waals surface area contributed by atoms with Crippen molar-refractivity contribution in [2.24, 2.45) is 27.9 Å². The lowest BCUT2D eigenvalue weighted by atomic mass is 10.1. The molecule has 0 aromatic heterocycles.